The third-order valence-electron chi connectivity index (χ3n) is 5.67. The first kappa shape index (κ1) is 32.7. The van der Waals surface area contributed by atoms with E-state index in [9.17, 15) is 33.9 Å². The fourth-order valence-electron chi connectivity index (χ4n) is 3.21. The minimum absolute atomic E-state index is 0.0274. The highest BCUT2D eigenvalue weighted by molar-refractivity contribution is 5.94. The Bertz CT molecular complexity index is 778. The van der Waals surface area contributed by atoms with Crippen molar-refractivity contribution in [3.63, 3.8) is 0 Å². The number of primary amides is 1. The third kappa shape index (κ3) is 13.0. The Morgan fingerprint density at radius 2 is 1.42 bits per heavy atom. The number of unbranched alkanes of at least 4 members (excludes halogenated alkanes) is 1. The molecule has 0 heterocycles. The zero-order valence-corrected chi connectivity index (χ0v) is 20.8. The Hall–Kier alpha value is -3.26. The molecule has 14 heteroatoms. The molecule has 0 aliphatic heterocycles. The first-order valence-electron chi connectivity index (χ1n) is 11.9. The van der Waals surface area contributed by atoms with E-state index in [0.717, 1.165) is 0 Å². The molecule has 0 aliphatic carbocycles. The maximum absolute atomic E-state index is 13.1. The van der Waals surface area contributed by atoms with Gasteiger partial charge in [0.2, 0.25) is 23.6 Å². The number of hydrogen-bond acceptors (Lipinski definition) is 8. The van der Waals surface area contributed by atoms with Crippen molar-refractivity contribution in [2.75, 3.05) is 6.54 Å². The number of nitrogens with one attached hydrogen (secondary N) is 3. The lowest BCUT2D eigenvalue weighted by molar-refractivity contribution is -0.143. The van der Waals surface area contributed by atoms with Gasteiger partial charge in [0.1, 0.15) is 18.1 Å². The molecule has 5 atom stereocenters. The van der Waals surface area contributed by atoms with Gasteiger partial charge in [0.15, 0.2) is 0 Å². The van der Waals surface area contributed by atoms with Crippen LogP contribution in [0.3, 0.4) is 0 Å². The van der Waals surface area contributed by atoms with Gasteiger partial charge in [0.05, 0.1) is 6.04 Å². The summed E-state index contributed by atoms with van der Waals surface area (Å²) in [5, 5.41) is 25.7. The lowest BCUT2D eigenvalue weighted by atomic mass is 9.96. The minimum atomic E-state index is -1.36. The van der Waals surface area contributed by atoms with Crippen LogP contribution in [-0.2, 0) is 28.8 Å². The van der Waals surface area contributed by atoms with E-state index < -0.39 is 72.1 Å². The standard InChI is InChI=1S/C22H40N6O8/c1-3-12(2)18(28-19(32)13(24)7-9-16(25)29)21(34)26-14(8-10-17(30)31)20(33)27-15(22(35)36)6-4-5-11-23/h12-15,18H,3-11,23-24H2,1-2H3,(H2,25,29)(H,26,34)(H,27,33)(H,28,32)(H,30,31)(H,35,36). The predicted octanol–water partition coefficient (Wildman–Crippen LogP) is -1.84. The molecule has 0 aliphatic rings. The molecule has 4 amide bonds. The van der Waals surface area contributed by atoms with Crippen molar-refractivity contribution in [3.8, 4) is 0 Å². The lowest BCUT2D eigenvalue weighted by Gasteiger charge is -2.28. The maximum atomic E-state index is 13.1. The van der Waals surface area contributed by atoms with E-state index in [1.54, 1.807) is 13.8 Å². The molecule has 0 rings (SSSR count). The first-order chi connectivity index (χ1) is 16.8. The molecule has 0 aromatic rings. The molecule has 0 fully saturated rings. The average Bonchev–Trinajstić information content (AvgIpc) is 2.81. The Morgan fingerprint density at radius 3 is 1.92 bits per heavy atom. The van der Waals surface area contributed by atoms with E-state index in [1.807, 2.05) is 0 Å². The van der Waals surface area contributed by atoms with Crippen LogP contribution in [0.25, 0.3) is 0 Å². The molecule has 11 N–H and O–H groups in total. The summed E-state index contributed by atoms with van der Waals surface area (Å²) in [6, 6.07) is -4.84. The number of nitrogens with two attached hydrogens (primary N) is 3. The van der Waals surface area contributed by atoms with E-state index in [4.69, 9.17) is 22.3 Å². The second-order valence-electron chi connectivity index (χ2n) is 8.66. The highest BCUT2D eigenvalue weighted by Crippen LogP contribution is 2.11. The van der Waals surface area contributed by atoms with Crippen LogP contribution in [0.1, 0.15) is 65.2 Å². The molecule has 0 bridgehead atoms. The fourth-order valence-corrected chi connectivity index (χ4v) is 3.21. The molecule has 0 aromatic carbocycles. The van der Waals surface area contributed by atoms with Gasteiger partial charge in [0.25, 0.3) is 0 Å². The van der Waals surface area contributed by atoms with Crippen molar-refractivity contribution in [1.82, 2.24) is 16.0 Å². The van der Waals surface area contributed by atoms with E-state index in [-0.39, 0.29) is 25.7 Å². The third-order valence-corrected chi connectivity index (χ3v) is 5.67. The molecule has 0 saturated carbocycles. The van der Waals surface area contributed by atoms with Crippen LogP contribution in [0.15, 0.2) is 0 Å². The fraction of sp³-hybridized carbons (Fsp3) is 0.727. The lowest BCUT2D eigenvalue weighted by Crippen LogP contribution is -2.58. The van der Waals surface area contributed by atoms with Gasteiger partial charge in [0, 0.05) is 12.8 Å². The van der Waals surface area contributed by atoms with E-state index in [2.05, 4.69) is 16.0 Å². The number of rotatable bonds is 19. The number of carboxylic acids is 2. The second kappa shape index (κ2) is 17.2. The number of carbonyl (C=O) groups is 6. The quantitative estimate of drug-likeness (QED) is 0.0889. The Labute approximate surface area is 210 Å². The SMILES string of the molecule is CCC(C)C(NC(=O)C(N)CCC(N)=O)C(=O)NC(CCC(=O)O)C(=O)NC(CCCCN)C(=O)O. The molecular weight excluding hydrogens is 476 g/mol. The van der Waals surface area contributed by atoms with E-state index >= 15 is 0 Å². The summed E-state index contributed by atoms with van der Waals surface area (Å²) >= 11 is 0. The van der Waals surface area contributed by atoms with E-state index in [0.29, 0.717) is 25.8 Å². The van der Waals surface area contributed by atoms with Crippen LogP contribution in [0.4, 0.5) is 0 Å². The largest absolute Gasteiger partial charge is 0.481 e. The van der Waals surface area contributed by atoms with Crippen molar-refractivity contribution in [3.05, 3.63) is 0 Å². The topological polar surface area (TPSA) is 257 Å². The Balaban J connectivity index is 5.56. The Morgan fingerprint density at radius 1 is 0.806 bits per heavy atom. The minimum Gasteiger partial charge on any atom is -0.481 e. The smallest absolute Gasteiger partial charge is 0.326 e. The number of hydrogen-bond donors (Lipinski definition) is 8. The van der Waals surface area contributed by atoms with Crippen LogP contribution >= 0.6 is 0 Å². The normalized spacial score (nSPS) is 15.0. The monoisotopic (exact) mass is 516 g/mol. The van der Waals surface area contributed by atoms with Crippen molar-refractivity contribution in [1.29, 1.82) is 0 Å². The molecule has 0 saturated heterocycles. The first-order valence-corrected chi connectivity index (χ1v) is 11.9. The molecule has 206 valence electrons. The van der Waals surface area contributed by atoms with Gasteiger partial charge in [-0.25, -0.2) is 4.79 Å². The number of carboxylic acid groups (broad SMARTS) is 2. The van der Waals surface area contributed by atoms with E-state index in [1.165, 1.54) is 0 Å². The summed E-state index contributed by atoms with van der Waals surface area (Å²) in [5.74, 6) is -5.86. The van der Waals surface area contributed by atoms with Gasteiger partial charge >= 0.3 is 11.9 Å². The summed E-state index contributed by atoms with van der Waals surface area (Å²) in [6.45, 7) is 3.81. The van der Waals surface area contributed by atoms with Crippen molar-refractivity contribution < 1.29 is 39.0 Å². The Kier molecular flexibility index (Phi) is 15.7. The van der Waals surface area contributed by atoms with Gasteiger partial charge in [-0.15, -0.1) is 0 Å². The van der Waals surface area contributed by atoms with Crippen LogP contribution in [0.2, 0.25) is 0 Å². The zero-order valence-electron chi connectivity index (χ0n) is 20.8. The van der Waals surface area contributed by atoms with Gasteiger partial charge in [-0.2, -0.15) is 0 Å². The van der Waals surface area contributed by atoms with Crippen LogP contribution in [0, 0.1) is 5.92 Å². The summed E-state index contributed by atoms with van der Waals surface area (Å²) < 4.78 is 0. The van der Waals surface area contributed by atoms with Gasteiger partial charge in [-0.05, 0) is 44.6 Å². The number of carbonyl (C=O) groups excluding carboxylic acids is 4. The van der Waals surface area contributed by atoms with Gasteiger partial charge < -0.3 is 43.4 Å². The molecule has 14 nitrogen and oxygen atoms in total. The predicted molar refractivity (Wildman–Crippen MR) is 129 cm³/mol. The summed E-state index contributed by atoms with van der Waals surface area (Å²) in [4.78, 5) is 71.9. The summed E-state index contributed by atoms with van der Waals surface area (Å²) in [6.07, 6.45) is 0.635. The molecule has 0 radical (unpaired) electrons. The molecule has 36 heavy (non-hydrogen) atoms. The number of aliphatic carboxylic acids is 2. The zero-order chi connectivity index (χ0) is 27.8. The van der Waals surface area contributed by atoms with Gasteiger partial charge in [-0.1, -0.05) is 20.3 Å². The summed E-state index contributed by atoms with van der Waals surface area (Å²) in [5.41, 5.74) is 16.3. The van der Waals surface area contributed by atoms with Crippen LogP contribution in [-0.4, -0.2) is 76.5 Å². The van der Waals surface area contributed by atoms with Crippen molar-refractivity contribution >= 4 is 35.6 Å². The molecule has 5 unspecified atom stereocenters. The average molecular weight is 517 g/mol. The second-order valence-corrected chi connectivity index (χ2v) is 8.66. The van der Waals surface area contributed by atoms with Crippen molar-refractivity contribution in [2.45, 2.75) is 89.4 Å². The maximum Gasteiger partial charge on any atom is 0.326 e. The van der Waals surface area contributed by atoms with Crippen molar-refractivity contribution in [2.24, 2.45) is 23.1 Å². The molecule has 0 spiro atoms. The van der Waals surface area contributed by atoms with Gasteiger partial charge in [-0.3, -0.25) is 24.0 Å². The molecular formula is C22H40N6O8. The van der Waals surface area contributed by atoms with Crippen LogP contribution < -0.4 is 33.2 Å². The number of amides is 4. The highest BCUT2D eigenvalue weighted by atomic mass is 16.4. The molecule has 0 aromatic heterocycles. The summed E-state index contributed by atoms with van der Waals surface area (Å²) in [7, 11) is 0. The van der Waals surface area contributed by atoms with Crippen LogP contribution in [0.5, 0.6) is 0 Å². The highest BCUT2D eigenvalue weighted by Gasteiger charge is 2.32.